The van der Waals surface area contributed by atoms with Gasteiger partial charge in [-0.3, -0.25) is 9.59 Å². The van der Waals surface area contributed by atoms with Gasteiger partial charge in [0.15, 0.2) is 0 Å². The van der Waals surface area contributed by atoms with Crippen molar-refractivity contribution in [1.82, 2.24) is 14.9 Å². The SMILES string of the molecule is CC[C@@H]1C[C@H](N(Cc2cc(C(F)(F)F)cc(C(F)(F)F)c2)c2ncc(N3CCOCC3)cn2)C[C@H](Cc2ccccc2)N1C(=O)C1CCC(OC(C)=O)CC1. The van der Waals surface area contributed by atoms with E-state index in [1.165, 1.54) is 6.92 Å². The molecule has 9 nitrogen and oxygen atoms in total. The van der Waals surface area contributed by atoms with Crippen LogP contribution < -0.4 is 9.80 Å². The fraction of sp³-hybridized carbons (Fsp3) is 0.550. The molecule has 2 saturated heterocycles. The summed E-state index contributed by atoms with van der Waals surface area (Å²) in [7, 11) is 0. The number of rotatable bonds is 10. The van der Waals surface area contributed by atoms with Gasteiger partial charge in [0.2, 0.25) is 11.9 Å². The number of hydrogen-bond donors (Lipinski definition) is 0. The maximum Gasteiger partial charge on any atom is 0.416 e. The van der Waals surface area contributed by atoms with Crippen LogP contribution in [0.2, 0.25) is 0 Å². The third kappa shape index (κ3) is 10.1. The first-order chi connectivity index (χ1) is 26.2. The molecule has 0 N–H and O–H groups in total. The second-order valence-corrected chi connectivity index (χ2v) is 14.7. The van der Waals surface area contributed by atoms with Crippen LogP contribution in [-0.2, 0) is 44.4 Å². The molecule has 0 spiro atoms. The van der Waals surface area contributed by atoms with E-state index in [9.17, 15) is 35.9 Å². The molecule has 1 amide bonds. The molecule has 3 aromatic rings. The number of carbonyl (C=O) groups is 2. The molecule has 6 rings (SSSR count). The normalized spacial score (nSPS) is 23.7. The number of hydrogen-bond acceptors (Lipinski definition) is 8. The molecular formula is C40H47F6N5O4. The van der Waals surface area contributed by atoms with Gasteiger partial charge in [-0.1, -0.05) is 37.3 Å². The number of likely N-dealkylation sites (tertiary alicyclic amines) is 1. The van der Waals surface area contributed by atoms with E-state index in [0.29, 0.717) is 77.7 Å². The van der Waals surface area contributed by atoms with E-state index >= 15 is 0 Å². The number of esters is 1. The van der Waals surface area contributed by atoms with Gasteiger partial charge >= 0.3 is 18.3 Å². The lowest BCUT2D eigenvalue weighted by Gasteiger charge is -2.49. The molecule has 2 aliphatic heterocycles. The smallest absolute Gasteiger partial charge is 0.416 e. The average molecular weight is 776 g/mol. The Kier molecular flexibility index (Phi) is 12.6. The summed E-state index contributed by atoms with van der Waals surface area (Å²) in [6.45, 7) is 5.31. The summed E-state index contributed by atoms with van der Waals surface area (Å²) in [5.74, 6) is -0.439. The van der Waals surface area contributed by atoms with Gasteiger partial charge in [-0.15, -0.1) is 0 Å². The van der Waals surface area contributed by atoms with Crippen LogP contribution in [0.4, 0.5) is 38.0 Å². The van der Waals surface area contributed by atoms with Gasteiger partial charge in [0.1, 0.15) is 6.10 Å². The van der Waals surface area contributed by atoms with Crippen molar-refractivity contribution < 1.29 is 45.4 Å². The van der Waals surface area contributed by atoms with Crippen LogP contribution in [0.3, 0.4) is 0 Å². The monoisotopic (exact) mass is 775 g/mol. The quantitative estimate of drug-likeness (QED) is 0.152. The minimum Gasteiger partial charge on any atom is -0.463 e. The van der Waals surface area contributed by atoms with Crippen molar-refractivity contribution in [3.63, 3.8) is 0 Å². The Morgan fingerprint density at radius 1 is 0.855 bits per heavy atom. The fourth-order valence-electron chi connectivity index (χ4n) is 8.29. The topological polar surface area (TPSA) is 88.1 Å². The van der Waals surface area contributed by atoms with Crippen molar-refractivity contribution in [1.29, 1.82) is 0 Å². The van der Waals surface area contributed by atoms with Crippen molar-refractivity contribution in [3.8, 4) is 0 Å². The molecule has 55 heavy (non-hydrogen) atoms. The van der Waals surface area contributed by atoms with Crippen molar-refractivity contribution in [2.45, 2.75) is 108 Å². The summed E-state index contributed by atoms with van der Waals surface area (Å²) in [6, 6.07) is 10.3. The Balaban J connectivity index is 1.36. The Labute approximate surface area is 317 Å². The van der Waals surface area contributed by atoms with Crippen molar-refractivity contribution in [2.75, 3.05) is 36.1 Å². The van der Waals surface area contributed by atoms with Crippen LogP contribution in [0.15, 0.2) is 60.9 Å². The summed E-state index contributed by atoms with van der Waals surface area (Å²) in [6.07, 6.45) is -2.86. The minimum absolute atomic E-state index is 0.0119. The number of alkyl halides is 6. The van der Waals surface area contributed by atoms with E-state index in [0.717, 1.165) is 23.4 Å². The highest BCUT2D eigenvalue weighted by atomic mass is 19.4. The second-order valence-electron chi connectivity index (χ2n) is 14.7. The third-order valence-electron chi connectivity index (χ3n) is 11.0. The maximum atomic E-state index is 14.5. The highest BCUT2D eigenvalue weighted by Crippen LogP contribution is 2.39. The number of ether oxygens (including phenoxy) is 2. The van der Waals surface area contributed by atoms with Crippen LogP contribution >= 0.6 is 0 Å². The number of anilines is 2. The molecule has 3 atom stereocenters. The predicted octanol–water partition coefficient (Wildman–Crippen LogP) is 7.86. The van der Waals surface area contributed by atoms with E-state index < -0.39 is 29.5 Å². The molecule has 3 heterocycles. The molecule has 1 saturated carbocycles. The standard InChI is InChI=1S/C40H47F6N5O4/c1-3-32-21-33(22-34(19-27-7-5-4-6-8-27)51(32)37(53)29-9-11-36(12-10-29)55-26(2)52)50(38-47-23-35(24-48-38)49-13-15-54-16-14-49)25-28-17-30(39(41,42)43)20-31(18-28)40(44,45)46/h4-8,17-18,20,23-24,29,32-34,36H,3,9-16,19,21-22,25H2,1-2H3/t29?,32-,33+,34+,36?/m1/s1. The molecular weight excluding hydrogens is 728 g/mol. The molecule has 1 aliphatic carbocycles. The van der Waals surface area contributed by atoms with E-state index in [2.05, 4.69) is 9.97 Å². The molecule has 3 aliphatic rings. The largest absolute Gasteiger partial charge is 0.463 e. The zero-order valence-corrected chi connectivity index (χ0v) is 31.0. The number of benzene rings is 2. The number of piperidine rings is 1. The van der Waals surface area contributed by atoms with E-state index in [1.54, 1.807) is 17.3 Å². The number of morpholine rings is 1. The average Bonchev–Trinajstić information content (AvgIpc) is 3.16. The van der Waals surface area contributed by atoms with Gasteiger partial charge in [-0.2, -0.15) is 26.3 Å². The molecule has 0 bridgehead atoms. The van der Waals surface area contributed by atoms with E-state index in [-0.39, 0.29) is 60.1 Å². The number of carbonyl (C=O) groups excluding carboxylic acids is 2. The van der Waals surface area contributed by atoms with Crippen LogP contribution in [0.1, 0.15) is 81.0 Å². The van der Waals surface area contributed by atoms with Gasteiger partial charge in [0.05, 0.1) is 42.4 Å². The molecule has 0 radical (unpaired) electrons. The number of halogens is 6. The summed E-state index contributed by atoms with van der Waals surface area (Å²) in [5, 5.41) is 0. The molecule has 298 valence electrons. The van der Waals surface area contributed by atoms with Crippen molar-refractivity contribution >= 4 is 23.5 Å². The van der Waals surface area contributed by atoms with Gasteiger partial charge in [-0.25, -0.2) is 9.97 Å². The third-order valence-corrected chi connectivity index (χ3v) is 11.0. The zero-order chi connectivity index (χ0) is 39.3. The highest BCUT2D eigenvalue weighted by molar-refractivity contribution is 5.80. The first kappa shape index (κ1) is 40.3. The van der Waals surface area contributed by atoms with Gasteiger partial charge in [0.25, 0.3) is 0 Å². The number of nitrogens with zero attached hydrogens (tertiary/aromatic N) is 5. The summed E-state index contributed by atoms with van der Waals surface area (Å²) < 4.78 is 94.9. The van der Waals surface area contributed by atoms with Gasteiger partial charge < -0.3 is 24.2 Å². The first-order valence-electron chi connectivity index (χ1n) is 18.9. The van der Waals surface area contributed by atoms with E-state index in [4.69, 9.17) is 9.47 Å². The first-order valence-corrected chi connectivity index (χ1v) is 18.9. The van der Waals surface area contributed by atoms with Crippen molar-refractivity contribution in [3.05, 3.63) is 83.2 Å². The molecule has 2 aromatic carbocycles. The second kappa shape index (κ2) is 17.2. The molecule has 15 heteroatoms. The van der Waals surface area contributed by atoms with Gasteiger partial charge in [0, 0.05) is 50.6 Å². The highest BCUT2D eigenvalue weighted by Gasteiger charge is 2.44. The molecule has 1 aromatic heterocycles. The van der Waals surface area contributed by atoms with Gasteiger partial charge in [-0.05, 0) is 80.7 Å². The number of amides is 1. The lowest BCUT2D eigenvalue weighted by atomic mass is 9.81. The molecule has 3 fully saturated rings. The van der Waals surface area contributed by atoms with Crippen LogP contribution in [-0.4, -0.2) is 77.3 Å². The van der Waals surface area contributed by atoms with Crippen molar-refractivity contribution in [2.24, 2.45) is 5.92 Å². The Bertz CT molecular complexity index is 1710. The predicted molar refractivity (Wildman–Crippen MR) is 193 cm³/mol. The summed E-state index contributed by atoms with van der Waals surface area (Å²) in [4.78, 5) is 41.1. The minimum atomic E-state index is -5.01. The van der Waals surface area contributed by atoms with Crippen LogP contribution in [0.5, 0.6) is 0 Å². The summed E-state index contributed by atoms with van der Waals surface area (Å²) >= 11 is 0. The number of aromatic nitrogens is 2. The molecule has 0 unspecified atom stereocenters. The summed E-state index contributed by atoms with van der Waals surface area (Å²) in [5.41, 5.74) is -1.25. The Hall–Kier alpha value is -4.40. The Morgan fingerprint density at radius 3 is 2.02 bits per heavy atom. The van der Waals surface area contributed by atoms with E-state index in [1.807, 2.05) is 47.1 Å². The maximum absolute atomic E-state index is 14.5. The fourth-order valence-corrected chi connectivity index (χ4v) is 8.29. The van der Waals surface area contributed by atoms with Crippen LogP contribution in [0, 0.1) is 5.92 Å². The van der Waals surface area contributed by atoms with Crippen LogP contribution in [0.25, 0.3) is 0 Å². The zero-order valence-electron chi connectivity index (χ0n) is 31.0. The Morgan fingerprint density at radius 2 is 1.45 bits per heavy atom. The lowest BCUT2D eigenvalue weighted by molar-refractivity contribution is -0.151. The lowest BCUT2D eigenvalue weighted by Crippen LogP contribution is -2.59.